The Morgan fingerprint density at radius 3 is 2.11 bits per heavy atom. The fraction of sp³-hybridized carbons (Fsp3) is 0.762. The molecule has 6 heteroatoms. The van der Waals surface area contributed by atoms with Crippen LogP contribution in [0.25, 0.3) is 0 Å². The number of anilines is 1. The molecule has 4 rings (SSSR count). The number of nitrogens with zero attached hydrogens (tertiary/aromatic N) is 5. The molecule has 0 radical (unpaired) electrons. The Kier molecular flexibility index (Phi) is 6.04. The lowest BCUT2D eigenvalue weighted by Crippen LogP contribution is -2.68. The molecule has 3 fully saturated rings. The van der Waals surface area contributed by atoms with Gasteiger partial charge in [0.15, 0.2) is 0 Å². The lowest BCUT2D eigenvalue weighted by atomic mass is 9.60. The minimum absolute atomic E-state index is 0.230. The maximum atomic E-state index is 11.4. The first kappa shape index (κ1) is 20.1. The predicted molar refractivity (Wildman–Crippen MR) is 109 cm³/mol. The number of hydrogen-bond acceptors (Lipinski definition) is 5. The largest absolute Gasteiger partial charge is 0.366 e. The zero-order chi connectivity index (χ0) is 19.6. The Morgan fingerprint density at radius 2 is 1.63 bits per heavy atom. The molecule has 150 valence electrons. The van der Waals surface area contributed by atoms with Crippen molar-refractivity contribution in [3.63, 3.8) is 0 Å². The molecule has 2 aliphatic heterocycles. The Morgan fingerprint density at radius 1 is 1.07 bits per heavy atom. The summed E-state index contributed by atoms with van der Waals surface area (Å²) in [4.78, 5) is 27.4. The fourth-order valence-corrected chi connectivity index (χ4v) is 4.58. The molecule has 1 spiro atoms. The lowest BCUT2D eigenvalue weighted by Gasteiger charge is -2.61. The molecular weight excluding hydrogens is 338 g/mol. The second kappa shape index (κ2) is 8.13. The van der Waals surface area contributed by atoms with Gasteiger partial charge in [-0.15, -0.1) is 0 Å². The Hall–Kier alpha value is -1.69. The minimum Gasteiger partial charge on any atom is -0.366 e. The highest BCUT2D eigenvalue weighted by Crippen LogP contribution is 2.50. The Labute approximate surface area is 164 Å². The second-order valence-electron chi connectivity index (χ2n) is 8.41. The van der Waals surface area contributed by atoms with Crippen molar-refractivity contribution in [2.24, 2.45) is 5.41 Å². The molecule has 1 amide bonds. The molecule has 0 N–H and O–H groups in total. The third-order valence-electron chi connectivity index (χ3n) is 6.21. The third-order valence-corrected chi connectivity index (χ3v) is 6.21. The lowest BCUT2D eigenvalue weighted by molar-refractivity contribution is -0.155. The van der Waals surface area contributed by atoms with E-state index in [0.29, 0.717) is 11.3 Å². The summed E-state index contributed by atoms with van der Waals surface area (Å²) in [5.74, 6) is 1.53. The van der Waals surface area contributed by atoms with Crippen molar-refractivity contribution in [3.8, 4) is 0 Å². The van der Waals surface area contributed by atoms with Gasteiger partial charge in [-0.3, -0.25) is 9.69 Å². The topological polar surface area (TPSA) is 52.6 Å². The fourth-order valence-electron chi connectivity index (χ4n) is 4.58. The smallest absolute Gasteiger partial charge is 0.219 e. The van der Waals surface area contributed by atoms with E-state index < -0.39 is 0 Å². The van der Waals surface area contributed by atoms with Gasteiger partial charge in [0.1, 0.15) is 5.82 Å². The predicted octanol–water partition coefficient (Wildman–Crippen LogP) is 2.76. The maximum Gasteiger partial charge on any atom is 0.219 e. The summed E-state index contributed by atoms with van der Waals surface area (Å²) in [5.41, 5.74) is 1.60. The Bertz CT molecular complexity index is 622. The zero-order valence-electron chi connectivity index (χ0n) is 17.6. The summed E-state index contributed by atoms with van der Waals surface area (Å²) in [5, 5.41) is 0. The van der Waals surface area contributed by atoms with Crippen molar-refractivity contribution in [2.75, 3.05) is 44.2 Å². The first-order chi connectivity index (χ1) is 13.0. The number of carbonyl (C=O) groups excluding carboxylic acids is 1. The van der Waals surface area contributed by atoms with Crippen LogP contribution >= 0.6 is 0 Å². The summed E-state index contributed by atoms with van der Waals surface area (Å²) in [7, 11) is 0. The van der Waals surface area contributed by atoms with Gasteiger partial charge in [0.2, 0.25) is 5.91 Å². The van der Waals surface area contributed by atoms with Crippen molar-refractivity contribution >= 4 is 11.6 Å². The van der Waals surface area contributed by atoms with Gasteiger partial charge < -0.3 is 9.80 Å². The monoisotopic (exact) mass is 373 g/mol. The SMILES string of the molecule is CC.CC(=O)N1CC2(CC(N3CCN(c4cnc(C(C)C)nc4)CC3)C2)C1. The molecule has 1 aromatic heterocycles. The van der Waals surface area contributed by atoms with Gasteiger partial charge in [-0.2, -0.15) is 0 Å². The van der Waals surface area contributed by atoms with E-state index in [-0.39, 0.29) is 5.91 Å². The van der Waals surface area contributed by atoms with Crippen molar-refractivity contribution < 1.29 is 4.79 Å². The molecular formula is C21H35N5O. The van der Waals surface area contributed by atoms with Crippen molar-refractivity contribution in [1.82, 2.24) is 19.8 Å². The molecule has 0 bridgehead atoms. The van der Waals surface area contributed by atoms with Crippen LogP contribution < -0.4 is 4.90 Å². The average molecular weight is 374 g/mol. The molecule has 1 aliphatic carbocycles. The van der Waals surface area contributed by atoms with E-state index in [1.54, 1.807) is 6.92 Å². The highest BCUT2D eigenvalue weighted by molar-refractivity contribution is 5.74. The molecule has 2 saturated heterocycles. The van der Waals surface area contributed by atoms with Gasteiger partial charge in [-0.1, -0.05) is 27.7 Å². The van der Waals surface area contributed by atoms with Crippen LogP contribution in [0, 0.1) is 5.41 Å². The van der Waals surface area contributed by atoms with Crippen LogP contribution in [-0.2, 0) is 4.79 Å². The third kappa shape index (κ3) is 4.10. The van der Waals surface area contributed by atoms with E-state index >= 15 is 0 Å². The van der Waals surface area contributed by atoms with Crippen LogP contribution in [0.1, 0.15) is 59.2 Å². The number of piperazine rings is 1. The summed E-state index contributed by atoms with van der Waals surface area (Å²) in [6.07, 6.45) is 6.48. The minimum atomic E-state index is 0.230. The Balaban J connectivity index is 0.00000102. The van der Waals surface area contributed by atoms with E-state index in [4.69, 9.17) is 0 Å². The van der Waals surface area contributed by atoms with Crippen LogP contribution in [0.15, 0.2) is 12.4 Å². The molecule has 1 saturated carbocycles. The van der Waals surface area contributed by atoms with Crippen LogP contribution in [0.2, 0.25) is 0 Å². The molecule has 0 atom stereocenters. The summed E-state index contributed by atoms with van der Waals surface area (Å²) >= 11 is 0. The van der Waals surface area contributed by atoms with Crippen LogP contribution in [0.5, 0.6) is 0 Å². The van der Waals surface area contributed by atoms with Crippen LogP contribution in [0.3, 0.4) is 0 Å². The van der Waals surface area contributed by atoms with E-state index in [9.17, 15) is 4.79 Å². The van der Waals surface area contributed by atoms with Gasteiger partial charge in [0.25, 0.3) is 0 Å². The molecule has 3 aliphatic rings. The quantitative estimate of drug-likeness (QED) is 0.815. The van der Waals surface area contributed by atoms with Crippen LogP contribution in [0.4, 0.5) is 5.69 Å². The van der Waals surface area contributed by atoms with Crippen molar-refractivity contribution in [3.05, 3.63) is 18.2 Å². The van der Waals surface area contributed by atoms with Gasteiger partial charge in [0, 0.05) is 63.6 Å². The zero-order valence-corrected chi connectivity index (χ0v) is 17.6. The highest BCUT2D eigenvalue weighted by Gasteiger charge is 2.54. The molecule has 0 unspecified atom stereocenters. The maximum absolute atomic E-state index is 11.4. The number of aromatic nitrogens is 2. The van der Waals surface area contributed by atoms with E-state index in [1.165, 1.54) is 12.8 Å². The summed E-state index contributed by atoms with van der Waals surface area (Å²) < 4.78 is 0. The van der Waals surface area contributed by atoms with Gasteiger partial charge in [-0.05, 0) is 12.8 Å². The second-order valence-corrected chi connectivity index (χ2v) is 8.41. The molecule has 0 aromatic carbocycles. The highest BCUT2D eigenvalue weighted by atomic mass is 16.2. The standard InChI is InChI=1S/C19H29N5O.C2H6/c1-14(2)18-20-10-17(11-21-18)23-6-4-22(5-7-23)16-8-19(9-16)12-24(13-19)15(3)25;1-2/h10-11,14,16H,4-9,12-13H2,1-3H3;1-2H3. The number of carbonyl (C=O) groups is 1. The van der Waals surface area contributed by atoms with Crippen molar-refractivity contribution in [1.29, 1.82) is 0 Å². The number of rotatable bonds is 3. The first-order valence-corrected chi connectivity index (χ1v) is 10.5. The number of amides is 1. The summed E-state index contributed by atoms with van der Waals surface area (Å²) in [6.45, 7) is 16.2. The normalized spacial score (nSPS) is 22.1. The van der Waals surface area contributed by atoms with E-state index in [2.05, 4.69) is 33.6 Å². The van der Waals surface area contributed by atoms with Gasteiger partial charge >= 0.3 is 0 Å². The summed E-state index contributed by atoms with van der Waals surface area (Å²) in [6, 6.07) is 0.718. The van der Waals surface area contributed by atoms with Gasteiger partial charge in [0.05, 0.1) is 18.1 Å². The number of likely N-dealkylation sites (tertiary alicyclic amines) is 1. The van der Waals surface area contributed by atoms with E-state index in [1.807, 2.05) is 31.1 Å². The molecule has 27 heavy (non-hydrogen) atoms. The average Bonchev–Trinajstić information content (AvgIpc) is 2.61. The van der Waals surface area contributed by atoms with Gasteiger partial charge in [-0.25, -0.2) is 9.97 Å². The molecule has 3 heterocycles. The molecule has 1 aromatic rings. The van der Waals surface area contributed by atoms with Crippen molar-refractivity contribution in [2.45, 2.75) is 59.4 Å². The van der Waals surface area contributed by atoms with Crippen LogP contribution in [-0.4, -0.2) is 71.0 Å². The number of hydrogen-bond donors (Lipinski definition) is 0. The molecule has 6 nitrogen and oxygen atoms in total. The first-order valence-electron chi connectivity index (χ1n) is 10.5. The van der Waals surface area contributed by atoms with E-state index in [0.717, 1.165) is 56.8 Å².